The summed E-state index contributed by atoms with van der Waals surface area (Å²) in [5.74, 6) is 0.242. The lowest BCUT2D eigenvalue weighted by atomic mass is 10.2. The molecule has 0 radical (unpaired) electrons. The average Bonchev–Trinajstić information content (AvgIpc) is 2.78. The molecule has 5 nitrogen and oxygen atoms in total. The normalized spacial score (nSPS) is 11.0. The van der Waals surface area contributed by atoms with Gasteiger partial charge in [-0.3, -0.25) is 0 Å². The summed E-state index contributed by atoms with van der Waals surface area (Å²) >= 11 is 0. The van der Waals surface area contributed by atoms with E-state index in [2.05, 4.69) is 20.8 Å². The van der Waals surface area contributed by atoms with Gasteiger partial charge in [0.2, 0.25) is 5.89 Å². The van der Waals surface area contributed by atoms with Crippen molar-refractivity contribution in [1.29, 1.82) is 0 Å². The lowest BCUT2D eigenvalue weighted by molar-refractivity contribution is 0.460. The number of benzene rings is 1. The summed E-state index contributed by atoms with van der Waals surface area (Å²) < 4.78 is 18.4. The lowest BCUT2D eigenvalue weighted by Crippen LogP contribution is -2.21. The van der Waals surface area contributed by atoms with Gasteiger partial charge in [-0.1, -0.05) is 18.9 Å². The molecular formula is C13H17FN4O. The van der Waals surface area contributed by atoms with E-state index < -0.39 is 0 Å². The molecule has 0 unspecified atom stereocenters. The minimum absolute atomic E-state index is 0.268. The van der Waals surface area contributed by atoms with Crippen LogP contribution in [0.25, 0.3) is 0 Å². The van der Waals surface area contributed by atoms with Crippen LogP contribution in [0.5, 0.6) is 0 Å². The van der Waals surface area contributed by atoms with Crippen LogP contribution in [-0.4, -0.2) is 16.2 Å². The lowest BCUT2D eigenvalue weighted by Gasteiger charge is -2.05. The first kappa shape index (κ1) is 13.5. The number of aromatic nitrogens is 2. The van der Waals surface area contributed by atoms with Gasteiger partial charge in [0, 0.05) is 11.7 Å². The SMILES string of the molecule is Cc1cc(F)ccc1Nc1nnc(CNC(C)C)o1. The molecule has 1 aromatic heterocycles. The fourth-order valence-corrected chi connectivity index (χ4v) is 1.55. The zero-order chi connectivity index (χ0) is 13.8. The fraction of sp³-hybridized carbons (Fsp3) is 0.385. The number of aryl methyl sites for hydroxylation is 1. The van der Waals surface area contributed by atoms with Gasteiger partial charge >= 0.3 is 6.01 Å². The van der Waals surface area contributed by atoms with E-state index in [1.165, 1.54) is 12.1 Å². The third-order valence-corrected chi connectivity index (χ3v) is 2.56. The first-order valence-corrected chi connectivity index (χ1v) is 6.13. The number of rotatable bonds is 5. The van der Waals surface area contributed by atoms with Crippen molar-refractivity contribution in [3.63, 3.8) is 0 Å². The molecule has 2 N–H and O–H groups in total. The number of nitrogens with zero attached hydrogens (tertiary/aromatic N) is 2. The predicted octanol–water partition coefficient (Wildman–Crippen LogP) is 2.76. The van der Waals surface area contributed by atoms with Crippen molar-refractivity contribution in [1.82, 2.24) is 15.5 Å². The minimum atomic E-state index is -0.268. The minimum Gasteiger partial charge on any atom is -0.406 e. The molecule has 2 rings (SSSR count). The summed E-state index contributed by atoms with van der Waals surface area (Å²) in [6, 6.07) is 5.12. The maximum atomic E-state index is 13.0. The molecule has 0 atom stereocenters. The zero-order valence-electron chi connectivity index (χ0n) is 11.2. The van der Waals surface area contributed by atoms with Crippen molar-refractivity contribution in [2.75, 3.05) is 5.32 Å². The molecule has 0 spiro atoms. The predicted molar refractivity (Wildman–Crippen MR) is 70.7 cm³/mol. The first-order valence-electron chi connectivity index (χ1n) is 6.13. The molecule has 0 aliphatic rings. The molecule has 0 saturated heterocycles. The number of hydrogen-bond donors (Lipinski definition) is 2. The Kier molecular flexibility index (Phi) is 4.11. The molecule has 0 aliphatic heterocycles. The van der Waals surface area contributed by atoms with Crippen molar-refractivity contribution in [3.05, 3.63) is 35.5 Å². The van der Waals surface area contributed by atoms with Crippen LogP contribution in [0.4, 0.5) is 16.1 Å². The Balaban J connectivity index is 2.03. The summed E-state index contributed by atoms with van der Waals surface area (Å²) in [7, 11) is 0. The zero-order valence-corrected chi connectivity index (χ0v) is 11.2. The van der Waals surface area contributed by atoms with Crippen molar-refractivity contribution >= 4 is 11.7 Å². The van der Waals surface area contributed by atoms with Crippen LogP contribution in [-0.2, 0) is 6.54 Å². The number of halogens is 1. The summed E-state index contributed by atoms with van der Waals surface area (Å²) in [6.07, 6.45) is 0. The summed E-state index contributed by atoms with van der Waals surface area (Å²) in [4.78, 5) is 0. The van der Waals surface area contributed by atoms with E-state index in [1.807, 2.05) is 20.8 Å². The van der Waals surface area contributed by atoms with Gasteiger partial charge in [-0.2, -0.15) is 0 Å². The average molecular weight is 264 g/mol. The largest absolute Gasteiger partial charge is 0.406 e. The van der Waals surface area contributed by atoms with E-state index in [9.17, 15) is 4.39 Å². The Labute approximate surface area is 111 Å². The van der Waals surface area contributed by atoms with E-state index in [0.717, 1.165) is 11.3 Å². The van der Waals surface area contributed by atoms with Crippen molar-refractivity contribution < 1.29 is 8.81 Å². The van der Waals surface area contributed by atoms with Crippen molar-refractivity contribution in [2.45, 2.75) is 33.4 Å². The van der Waals surface area contributed by atoms with Crippen molar-refractivity contribution in [2.24, 2.45) is 0 Å². The summed E-state index contributed by atoms with van der Waals surface area (Å²) in [6.45, 7) is 6.41. The van der Waals surface area contributed by atoms with E-state index in [0.29, 0.717) is 24.5 Å². The van der Waals surface area contributed by atoms with Gasteiger partial charge in [0.15, 0.2) is 0 Å². The fourth-order valence-electron chi connectivity index (χ4n) is 1.55. The second-order valence-corrected chi connectivity index (χ2v) is 4.62. The number of anilines is 2. The second-order valence-electron chi connectivity index (χ2n) is 4.62. The molecule has 0 aliphatic carbocycles. The van der Waals surface area contributed by atoms with Crippen LogP contribution in [0.1, 0.15) is 25.3 Å². The van der Waals surface area contributed by atoms with Gasteiger partial charge in [-0.15, -0.1) is 5.10 Å². The third kappa shape index (κ3) is 3.75. The Hall–Kier alpha value is -1.95. The topological polar surface area (TPSA) is 63.0 Å². The van der Waals surface area contributed by atoms with Crippen LogP contribution < -0.4 is 10.6 Å². The number of nitrogens with one attached hydrogen (secondary N) is 2. The molecule has 2 aromatic rings. The van der Waals surface area contributed by atoms with Crippen LogP contribution in [0.3, 0.4) is 0 Å². The highest BCUT2D eigenvalue weighted by atomic mass is 19.1. The maximum Gasteiger partial charge on any atom is 0.320 e. The second kappa shape index (κ2) is 5.79. The quantitative estimate of drug-likeness (QED) is 0.869. The molecular weight excluding hydrogens is 247 g/mol. The number of hydrogen-bond acceptors (Lipinski definition) is 5. The molecule has 6 heteroatoms. The molecule has 1 heterocycles. The smallest absolute Gasteiger partial charge is 0.320 e. The summed E-state index contributed by atoms with van der Waals surface area (Å²) in [5.41, 5.74) is 1.52. The molecule has 0 saturated carbocycles. The molecule has 0 fully saturated rings. The Morgan fingerprint density at radius 2 is 2.11 bits per heavy atom. The van der Waals surface area contributed by atoms with E-state index in [-0.39, 0.29) is 5.82 Å². The van der Waals surface area contributed by atoms with E-state index in [1.54, 1.807) is 6.07 Å². The van der Waals surface area contributed by atoms with Crippen LogP contribution in [0, 0.1) is 12.7 Å². The van der Waals surface area contributed by atoms with Gasteiger partial charge in [0.1, 0.15) is 5.82 Å². The van der Waals surface area contributed by atoms with Gasteiger partial charge in [-0.05, 0) is 30.7 Å². The van der Waals surface area contributed by atoms with Gasteiger partial charge < -0.3 is 15.1 Å². The Morgan fingerprint density at radius 1 is 1.32 bits per heavy atom. The van der Waals surface area contributed by atoms with Crippen molar-refractivity contribution in [3.8, 4) is 0 Å². The van der Waals surface area contributed by atoms with Crippen LogP contribution >= 0.6 is 0 Å². The Bertz CT molecular complexity index is 553. The highest BCUT2D eigenvalue weighted by Crippen LogP contribution is 2.20. The molecule has 19 heavy (non-hydrogen) atoms. The standard InChI is InChI=1S/C13H17FN4O/c1-8(2)15-7-12-17-18-13(19-12)16-11-5-4-10(14)6-9(11)3/h4-6,8,15H,7H2,1-3H3,(H,16,18). The molecule has 0 amide bonds. The monoisotopic (exact) mass is 264 g/mol. The first-order chi connectivity index (χ1) is 9.04. The van der Waals surface area contributed by atoms with Gasteiger partial charge in [-0.25, -0.2) is 4.39 Å². The highest BCUT2D eigenvalue weighted by molar-refractivity contribution is 5.56. The van der Waals surface area contributed by atoms with E-state index >= 15 is 0 Å². The van der Waals surface area contributed by atoms with Crippen LogP contribution in [0.15, 0.2) is 22.6 Å². The molecule has 0 bridgehead atoms. The van der Waals surface area contributed by atoms with Gasteiger partial charge in [0.25, 0.3) is 0 Å². The molecule has 1 aromatic carbocycles. The summed E-state index contributed by atoms with van der Waals surface area (Å²) in [5, 5.41) is 14.0. The van der Waals surface area contributed by atoms with Gasteiger partial charge in [0.05, 0.1) is 6.54 Å². The molecule has 102 valence electrons. The maximum absolute atomic E-state index is 13.0. The Morgan fingerprint density at radius 3 is 2.79 bits per heavy atom. The third-order valence-electron chi connectivity index (χ3n) is 2.56. The van der Waals surface area contributed by atoms with Crippen LogP contribution in [0.2, 0.25) is 0 Å². The van der Waals surface area contributed by atoms with E-state index in [4.69, 9.17) is 4.42 Å². The highest BCUT2D eigenvalue weighted by Gasteiger charge is 2.08.